The van der Waals surface area contributed by atoms with E-state index in [0.29, 0.717) is 0 Å². The molecule has 0 aromatic heterocycles. The average Bonchev–Trinajstić information content (AvgIpc) is 2.32. The van der Waals surface area contributed by atoms with Gasteiger partial charge in [0.25, 0.3) is 0 Å². The third-order valence-corrected chi connectivity index (χ3v) is 1.98. The molecule has 0 spiro atoms. The largest absolute Gasteiger partial charge is 0.399 e. The van der Waals surface area contributed by atoms with E-state index in [9.17, 15) is 0 Å². The zero-order valence-corrected chi connectivity index (χ0v) is 9.08. The van der Waals surface area contributed by atoms with Gasteiger partial charge in [-0.2, -0.15) is 0 Å². The molecule has 0 unspecified atom stereocenters. The molecule has 0 aliphatic heterocycles. The summed E-state index contributed by atoms with van der Waals surface area (Å²) in [5.41, 5.74) is 17.9. The second-order valence-electron chi connectivity index (χ2n) is 3.35. The molecule has 0 saturated heterocycles. The van der Waals surface area contributed by atoms with Crippen molar-refractivity contribution in [1.82, 2.24) is 0 Å². The molecule has 3 heteroatoms. The number of anilines is 1. The Morgan fingerprint density at radius 1 is 0.688 bits per heavy atom. The number of rotatable bonds is 1. The van der Waals surface area contributed by atoms with Gasteiger partial charge < -0.3 is 17.2 Å². The summed E-state index contributed by atoms with van der Waals surface area (Å²) in [5, 5.41) is 0. The number of nitrogens with two attached hydrogens (primary N) is 3. The van der Waals surface area contributed by atoms with Crippen molar-refractivity contribution >= 4 is 5.69 Å². The van der Waals surface area contributed by atoms with Crippen molar-refractivity contribution in [2.45, 2.75) is 6.17 Å². The molecule has 6 N–H and O–H groups in total. The molecule has 0 aliphatic rings. The Balaban J connectivity index is 0.000000165. The first kappa shape index (κ1) is 12.2. The fraction of sp³-hybridized carbons (Fsp3) is 0.0769. The van der Waals surface area contributed by atoms with Crippen molar-refractivity contribution in [1.29, 1.82) is 0 Å². The van der Waals surface area contributed by atoms with Crippen molar-refractivity contribution in [3.8, 4) is 0 Å². The minimum Gasteiger partial charge on any atom is -0.399 e. The minimum absolute atomic E-state index is 0.341. The van der Waals surface area contributed by atoms with Crippen LogP contribution in [0.3, 0.4) is 0 Å². The third-order valence-electron chi connectivity index (χ3n) is 1.98. The van der Waals surface area contributed by atoms with E-state index >= 15 is 0 Å². The van der Waals surface area contributed by atoms with Gasteiger partial charge in [-0.05, 0) is 17.7 Å². The highest BCUT2D eigenvalue weighted by atomic mass is 14.8. The first-order valence-corrected chi connectivity index (χ1v) is 5.07. The SMILES string of the molecule is NC(N)c1ccccc1.Nc1ccccc1. The lowest BCUT2D eigenvalue weighted by Crippen LogP contribution is -2.19. The molecule has 0 aliphatic carbocycles. The number of hydrogen-bond acceptors (Lipinski definition) is 3. The Labute approximate surface area is 95.9 Å². The van der Waals surface area contributed by atoms with Crippen LogP contribution in [0.4, 0.5) is 5.69 Å². The van der Waals surface area contributed by atoms with E-state index in [0.717, 1.165) is 11.3 Å². The van der Waals surface area contributed by atoms with Crippen LogP contribution in [0, 0.1) is 0 Å². The molecule has 2 aromatic rings. The molecule has 84 valence electrons. The van der Waals surface area contributed by atoms with E-state index < -0.39 is 0 Å². The van der Waals surface area contributed by atoms with E-state index in [1.54, 1.807) is 0 Å². The molecule has 0 atom stereocenters. The van der Waals surface area contributed by atoms with Crippen LogP contribution in [0.5, 0.6) is 0 Å². The van der Waals surface area contributed by atoms with Crippen molar-refractivity contribution in [3.05, 3.63) is 66.2 Å². The molecule has 0 heterocycles. The van der Waals surface area contributed by atoms with Gasteiger partial charge in [-0.25, -0.2) is 0 Å². The predicted molar refractivity (Wildman–Crippen MR) is 68.4 cm³/mol. The van der Waals surface area contributed by atoms with E-state index in [1.807, 2.05) is 60.7 Å². The van der Waals surface area contributed by atoms with Gasteiger partial charge in [0.1, 0.15) is 0 Å². The molecule has 2 rings (SSSR count). The number of nitrogen functional groups attached to an aromatic ring is 1. The summed E-state index contributed by atoms with van der Waals surface area (Å²) >= 11 is 0. The zero-order chi connectivity index (χ0) is 11.8. The monoisotopic (exact) mass is 215 g/mol. The third kappa shape index (κ3) is 4.59. The molecule has 0 amide bonds. The van der Waals surface area contributed by atoms with Gasteiger partial charge in [0.05, 0.1) is 6.17 Å². The van der Waals surface area contributed by atoms with Gasteiger partial charge >= 0.3 is 0 Å². The molecule has 0 radical (unpaired) electrons. The maximum Gasteiger partial charge on any atom is 0.0784 e. The standard InChI is InChI=1S/C7H10N2.C6H7N/c8-7(9)6-4-2-1-3-5-6;7-6-4-2-1-3-5-6/h1-5,7H,8-9H2;1-5H,7H2. The summed E-state index contributed by atoms with van der Waals surface area (Å²) in [6.45, 7) is 0. The van der Waals surface area contributed by atoms with Gasteiger partial charge in [0.2, 0.25) is 0 Å². The zero-order valence-electron chi connectivity index (χ0n) is 9.08. The molecule has 0 fully saturated rings. The van der Waals surface area contributed by atoms with Gasteiger partial charge in [-0.1, -0.05) is 48.5 Å². The summed E-state index contributed by atoms with van der Waals surface area (Å²) in [4.78, 5) is 0. The first-order valence-electron chi connectivity index (χ1n) is 5.07. The van der Waals surface area contributed by atoms with Gasteiger partial charge in [0, 0.05) is 5.69 Å². The maximum atomic E-state index is 5.39. The molecule has 0 bridgehead atoms. The van der Waals surface area contributed by atoms with Crippen LogP contribution in [0.15, 0.2) is 60.7 Å². The van der Waals surface area contributed by atoms with Crippen LogP contribution in [0.25, 0.3) is 0 Å². The molecular weight excluding hydrogens is 198 g/mol. The Kier molecular flexibility index (Phi) is 5.05. The van der Waals surface area contributed by atoms with E-state index in [4.69, 9.17) is 17.2 Å². The van der Waals surface area contributed by atoms with Crippen LogP contribution in [0.1, 0.15) is 11.7 Å². The van der Waals surface area contributed by atoms with Gasteiger partial charge in [-0.3, -0.25) is 0 Å². The predicted octanol–water partition coefficient (Wildman–Crippen LogP) is 1.87. The minimum atomic E-state index is -0.341. The summed E-state index contributed by atoms with van der Waals surface area (Å²) in [7, 11) is 0. The number of para-hydroxylation sites is 1. The van der Waals surface area contributed by atoms with Crippen molar-refractivity contribution in [3.63, 3.8) is 0 Å². The Hall–Kier alpha value is -1.84. The second-order valence-corrected chi connectivity index (χ2v) is 3.35. The molecular formula is C13H17N3. The quantitative estimate of drug-likeness (QED) is 0.502. The Bertz CT molecular complexity index is 384. The van der Waals surface area contributed by atoms with Crippen LogP contribution in [0.2, 0.25) is 0 Å². The Morgan fingerprint density at radius 3 is 1.38 bits per heavy atom. The van der Waals surface area contributed by atoms with Crippen molar-refractivity contribution < 1.29 is 0 Å². The van der Waals surface area contributed by atoms with Crippen molar-refractivity contribution in [2.75, 3.05) is 5.73 Å². The van der Waals surface area contributed by atoms with E-state index in [-0.39, 0.29) is 6.17 Å². The summed E-state index contributed by atoms with van der Waals surface area (Å²) in [6.07, 6.45) is -0.341. The highest BCUT2D eigenvalue weighted by Gasteiger charge is 1.93. The van der Waals surface area contributed by atoms with Crippen LogP contribution in [-0.2, 0) is 0 Å². The lowest BCUT2D eigenvalue weighted by Gasteiger charge is -2.02. The van der Waals surface area contributed by atoms with Gasteiger partial charge in [-0.15, -0.1) is 0 Å². The van der Waals surface area contributed by atoms with Gasteiger partial charge in [0.15, 0.2) is 0 Å². The Morgan fingerprint density at radius 2 is 1.12 bits per heavy atom. The maximum absolute atomic E-state index is 5.39. The highest BCUT2D eigenvalue weighted by molar-refractivity contribution is 5.35. The molecule has 2 aromatic carbocycles. The average molecular weight is 215 g/mol. The van der Waals surface area contributed by atoms with Crippen LogP contribution >= 0.6 is 0 Å². The lowest BCUT2D eigenvalue weighted by molar-refractivity contribution is 0.774. The highest BCUT2D eigenvalue weighted by Crippen LogP contribution is 2.01. The molecule has 0 saturated carbocycles. The van der Waals surface area contributed by atoms with E-state index in [2.05, 4.69) is 0 Å². The molecule has 16 heavy (non-hydrogen) atoms. The number of benzene rings is 2. The van der Waals surface area contributed by atoms with Crippen molar-refractivity contribution in [2.24, 2.45) is 11.5 Å². The topological polar surface area (TPSA) is 78.1 Å². The second kappa shape index (κ2) is 6.61. The van der Waals surface area contributed by atoms with Crippen LogP contribution in [-0.4, -0.2) is 0 Å². The fourth-order valence-electron chi connectivity index (χ4n) is 1.13. The van der Waals surface area contributed by atoms with E-state index in [1.165, 1.54) is 0 Å². The first-order chi connectivity index (χ1) is 7.70. The lowest BCUT2D eigenvalue weighted by atomic mass is 10.2. The number of hydrogen-bond donors (Lipinski definition) is 3. The smallest absolute Gasteiger partial charge is 0.0784 e. The summed E-state index contributed by atoms with van der Waals surface area (Å²) in [6, 6.07) is 19.1. The fourth-order valence-corrected chi connectivity index (χ4v) is 1.13. The normalized spacial score (nSPS) is 9.44. The summed E-state index contributed by atoms with van der Waals surface area (Å²) < 4.78 is 0. The molecule has 3 nitrogen and oxygen atoms in total. The summed E-state index contributed by atoms with van der Waals surface area (Å²) in [5.74, 6) is 0. The van der Waals surface area contributed by atoms with Crippen LogP contribution < -0.4 is 17.2 Å².